The maximum absolute atomic E-state index is 12.4. The van der Waals surface area contributed by atoms with E-state index in [2.05, 4.69) is 20.5 Å². The minimum absolute atomic E-state index is 0.0447. The minimum atomic E-state index is -0.185. The maximum atomic E-state index is 12.4. The molecular formula is C19H23N5O2S. The molecule has 3 amide bonds. The van der Waals surface area contributed by atoms with Gasteiger partial charge in [-0.25, -0.2) is 9.78 Å². The van der Waals surface area contributed by atoms with Gasteiger partial charge < -0.3 is 20.4 Å². The van der Waals surface area contributed by atoms with Gasteiger partial charge in [0.05, 0.1) is 6.04 Å². The lowest BCUT2D eigenvalue weighted by Gasteiger charge is -2.32. The van der Waals surface area contributed by atoms with E-state index in [9.17, 15) is 9.59 Å². The predicted molar refractivity (Wildman–Crippen MR) is 106 cm³/mol. The molecule has 7 nitrogen and oxygen atoms in total. The van der Waals surface area contributed by atoms with Gasteiger partial charge in [-0.05, 0) is 25.0 Å². The number of para-hydroxylation sites is 1. The first-order valence-electron chi connectivity index (χ1n) is 9.26. The number of carbonyl (C=O) groups is 2. The highest BCUT2D eigenvalue weighted by atomic mass is 32.1. The van der Waals surface area contributed by atoms with Crippen molar-refractivity contribution in [3.8, 4) is 0 Å². The Balaban J connectivity index is 1.24. The summed E-state index contributed by atoms with van der Waals surface area (Å²) in [6.45, 7) is 2.29. The topological polar surface area (TPSA) is 77.6 Å². The third-order valence-electron chi connectivity index (χ3n) is 5.05. The van der Waals surface area contributed by atoms with Crippen molar-refractivity contribution in [1.29, 1.82) is 0 Å². The number of hydrogen-bond acceptors (Lipinski definition) is 5. The number of nitrogens with zero attached hydrogens (tertiary/aromatic N) is 3. The van der Waals surface area contributed by atoms with Crippen molar-refractivity contribution >= 4 is 34.1 Å². The molecule has 1 atom stereocenters. The summed E-state index contributed by atoms with van der Waals surface area (Å²) in [5.74, 6) is 0.0447. The second kappa shape index (κ2) is 7.96. The Hall–Kier alpha value is -2.61. The Morgan fingerprint density at radius 2 is 1.85 bits per heavy atom. The van der Waals surface area contributed by atoms with E-state index in [4.69, 9.17) is 0 Å². The standard InChI is InChI=1S/C19H23N5O2S/c25-17-12-15(13-24(17)16-4-2-1-3-5-16)22-18(26)21-14-6-9-23(10-7-14)19-20-8-11-27-19/h1-5,8,11,14-15H,6-7,9-10,12-13H2,(H2,21,22,26). The summed E-state index contributed by atoms with van der Waals surface area (Å²) in [7, 11) is 0. The van der Waals surface area contributed by atoms with Crippen LogP contribution in [0.1, 0.15) is 19.3 Å². The molecule has 0 saturated carbocycles. The van der Waals surface area contributed by atoms with Gasteiger partial charge in [-0.1, -0.05) is 18.2 Å². The van der Waals surface area contributed by atoms with Gasteiger partial charge in [0.15, 0.2) is 5.13 Å². The molecule has 0 radical (unpaired) electrons. The lowest BCUT2D eigenvalue weighted by Crippen LogP contribution is -2.50. The van der Waals surface area contributed by atoms with Gasteiger partial charge in [-0.15, -0.1) is 11.3 Å². The number of piperidine rings is 1. The van der Waals surface area contributed by atoms with E-state index in [-0.39, 0.29) is 24.0 Å². The van der Waals surface area contributed by atoms with Crippen LogP contribution in [-0.4, -0.2) is 48.6 Å². The summed E-state index contributed by atoms with van der Waals surface area (Å²) < 4.78 is 0. The number of rotatable bonds is 4. The van der Waals surface area contributed by atoms with Gasteiger partial charge in [0, 0.05) is 49.4 Å². The first kappa shape index (κ1) is 17.8. The van der Waals surface area contributed by atoms with Crippen LogP contribution in [0.2, 0.25) is 0 Å². The van der Waals surface area contributed by atoms with Gasteiger partial charge in [-0.3, -0.25) is 4.79 Å². The monoisotopic (exact) mass is 385 g/mol. The fraction of sp³-hybridized carbons (Fsp3) is 0.421. The highest BCUT2D eigenvalue weighted by molar-refractivity contribution is 7.13. The molecular weight excluding hydrogens is 362 g/mol. The highest BCUT2D eigenvalue weighted by Crippen LogP contribution is 2.23. The number of carbonyl (C=O) groups excluding carboxylic acids is 2. The van der Waals surface area contributed by atoms with Crippen molar-refractivity contribution in [2.75, 3.05) is 29.4 Å². The Morgan fingerprint density at radius 1 is 1.11 bits per heavy atom. The van der Waals surface area contributed by atoms with Gasteiger partial charge in [0.2, 0.25) is 5.91 Å². The molecule has 0 aliphatic carbocycles. The average molecular weight is 385 g/mol. The van der Waals surface area contributed by atoms with E-state index < -0.39 is 0 Å². The van der Waals surface area contributed by atoms with Gasteiger partial charge in [0.25, 0.3) is 0 Å². The first-order chi connectivity index (χ1) is 13.2. The lowest BCUT2D eigenvalue weighted by molar-refractivity contribution is -0.117. The molecule has 2 aliphatic rings. The van der Waals surface area contributed by atoms with Crippen LogP contribution in [0.3, 0.4) is 0 Å². The molecule has 1 aromatic carbocycles. The third-order valence-corrected chi connectivity index (χ3v) is 5.88. The Bertz CT molecular complexity index is 775. The van der Waals surface area contributed by atoms with Crippen molar-refractivity contribution in [2.45, 2.75) is 31.3 Å². The lowest BCUT2D eigenvalue weighted by atomic mass is 10.1. The number of urea groups is 1. The highest BCUT2D eigenvalue weighted by Gasteiger charge is 2.32. The van der Waals surface area contributed by atoms with Crippen molar-refractivity contribution < 1.29 is 9.59 Å². The molecule has 1 aromatic heterocycles. The fourth-order valence-corrected chi connectivity index (χ4v) is 4.36. The van der Waals surface area contributed by atoms with Crippen molar-refractivity contribution in [3.05, 3.63) is 41.9 Å². The summed E-state index contributed by atoms with van der Waals surface area (Å²) in [5, 5.41) is 9.04. The minimum Gasteiger partial charge on any atom is -0.348 e. The summed E-state index contributed by atoms with van der Waals surface area (Å²) in [4.78, 5) is 32.9. The van der Waals surface area contributed by atoms with Crippen LogP contribution in [0.25, 0.3) is 0 Å². The molecule has 27 heavy (non-hydrogen) atoms. The van der Waals surface area contributed by atoms with Crippen LogP contribution < -0.4 is 20.4 Å². The van der Waals surface area contributed by atoms with Crippen molar-refractivity contribution in [1.82, 2.24) is 15.6 Å². The molecule has 0 spiro atoms. The summed E-state index contributed by atoms with van der Waals surface area (Å²) >= 11 is 1.64. The maximum Gasteiger partial charge on any atom is 0.315 e. The van der Waals surface area contributed by atoms with E-state index in [0.717, 1.165) is 36.8 Å². The smallest absolute Gasteiger partial charge is 0.315 e. The molecule has 0 bridgehead atoms. The predicted octanol–water partition coefficient (Wildman–Crippen LogP) is 2.22. The third kappa shape index (κ3) is 4.21. The van der Waals surface area contributed by atoms with Crippen LogP contribution in [0.5, 0.6) is 0 Å². The molecule has 8 heteroatoms. The molecule has 2 fully saturated rings. The summed E-state index contributed by atoms with van der Waals surface area (Å²) in [5.41, 5.74) is 0.877. The van der Waals surface area contributed by atoms with Crippen LogP contribution in [0.15, 0.2) is 41.9 Å². The van der Waals surface area contributed by atoms with Crippen LogP contribution in [0, 0.1) is 0 Å². The van der Waals surface area contributed by atoms with Gasteiger partial charge >= 0.3 is 6.03 Å². The number of amides is 3. The molecule has 2 aliphatic heterocycles. The zero-order valence-electron chi connectivity index (χ0n) is 15.0. The SMILES string of the molecule is O=C(NC1CCN(c2nccs2)CC1)NC1CC(=O)N(c2ccccc2)C1. The van der Waals surface area contributed by atoms with E-state index >= 15 is 0 Å². The number of aromatic nitrogens is 1. The number of nitrogens with one attached hydrogen (secondary N) is 2. The zero-order valence-corrected chi connectivity index (χ0v) is 15.8. The molecule has 3 heterocycles. The van der Waals surface area contributed by atoms with Crippen LogP contribution >= 0.6 is 11.3 Å². The quantitative estimate of drug-likeness (QED) is 0.846. The Kier molecular flexibility index (Phi) is 5.24. The molecule has 2 saturated heterocycles. The molecule has 2 N–H and O–H groups in total. The fourth-order valence-electron chi connectivity index (χ4n) is 3.66. The van der Waals surface area contributed by atoms with Crippen LogP contribution in [-0.2, 0) is 4.79 Å². The Morgan fingerprint density at radius 3 is 2.56 bits per heavy atom. The Labute approximate surface area is 162 Å². The van der Waals surface area contributed by atoms with Crippen molar-refractivity contribution in [3.63, 3.8) is 0 Å². The van der Waals surface area contributed by atoms with Gasteiger partial charge in [-0.2, -0.15) is 0 Å². The van der Waals surface area contributed by atoms with Crippen molar-refractivity contribution in [2.24, 2.45) is 0 Å². The molecule has 142 valence electrons. The first-order valence-corrected chi connectivity index (χ1v) is 10.1. The average Bonchev–Trinajstić information content (AvgIpc) is 3.33. The summed E-state index contributed by atoms with van der Waals surface area (Å²) in [6.07, 6.45) is 3.95. The largest absolute Gasteiger partial charge is 0.348 e. The molecule has 1 unspecified atom stereocenters. The van der Waals surface area contributed by atoms with E-state index in [0.29, 0.717) is 13.0 Å². The zero-order chi connectivity index (χ0) is 18.6. The number of thiazole rings is 1. The number of anilines is 2. The number of hydrogen-bond donors (Lipinski definition) is 2. The van der Waals surface area contributed by atoms with E-state index in [1.807, 2.05) is 41.9 Å². The summed E-state index contributed by atoms with van der Waals surface area (Å²) in [6, 6.07) is 9.38. The molecule has 4 rings (SSSR count). The number of benzene rings is 1. The second-order valence-corrected chi connectivity index (χ2v) is 7.81. The normalized spacial score (nSPS) is 20.7. The molecule has 2 aromatic rings. The van der Waals surface area contributed by atoms with Gasteiger partial charge in [0.1, 0.15) is 0 Å². The van der Waals surface area contributed by atoms with E-state index in [1.165, 1.54) is 0 Å². The second-order valence-electron chi connectivity index (χ2n) is 6.93. The van der Waals surface area contributed by atoms with Crippen LogP contribution in [0.4, 0.5) is 15.6 Å². The van der Waals surface area contributed by atoms with E-state index in [1.54, 1.807) is 16.2 Å².